The summed E-state index contributed by atoms with van der Waals surface area (Å²) in [7, 11) is 0. The summed E-state index contributed by atoms with van der Waals surface area (Å²) in [6, 6.07) is 9.66. The van der Waals surface area contributed by atoms with Gasteiger partial charge in [-0.25, -0.2) is 0 Å². The molecule has 0 aliphatic carbocycles. The van der Waals surface area contributed by atoms with Crippen LogP contribution in [0.2, 0.25) is 0 Å². The molecule has 0 fully saturated rings. The first-order chi connectivity index (χ1) is 7.72. The van der Waals surface area contributed by atoms with E-state index in [9.17, 15) is 4.79 Å². The zero-order valence-electron chi connectivity index (χ0n) is 8.36. The number of carbonyl (C=O) groups is 1. The molecule has 1 aromatic carbocycles. The number of nitrogens with one attached hydrogen (secondary N) is 1. The van der Waals surface area contributed by atoms with E-state index < -0.39 is 5.91 Å². The van der Waals surface area contributed by atoms with Crippen molar-refractivity contribution in [3.8, 4) is 6.07 Å². The molecule has 80 valence electrons. The van der Waals surface area contributed by atoms with Crippen molar-refractivity contribution in [1.29, 1.82) is 5.26 Å². The topological polar surface area (TPSA) is 78.9 Å². The van der Waals surface area contributed by atoms with Crippen molar-refractivity contribution in [2.45, 2.75) is 11.3 Å². The van der Waals surface area contributed by atoms with Crippen molar-refractivity contribution in [3.05, 3.63) is 41.1 Å². The Bertz CT molecular complexity index is 516. The highest BCUT2D eigenvalue weighted by atomic mass is 32.2. The van der Waals surface area contributed by atoms with E-state index in [0.29, 0.717) is 12.1 Å². The van der Waals surface area contributed by atoms with Gasteiger partial charge in [0.1, 0.15) is 11.6 Å². The maximum atomic E-state index is 11.0. The van der Waals surface area contributed by atoms with Gasteiger partial charge < -0.3 is 10.5 Å². The first-order valence-corrected chi connectivity index (χ1v) is 5.48. The molecule has 0 unspecified atom stereocenters. The molecular weight excluding hydrogens is 222 g/mol. The average molecular weight is 231 g/mol. The fourth-order valence-corrected chi connectivity index (χ4v) is 2.33. The Labute approximate surface area is 97.3 Å². The predicted molar refractivity (Wildman–Crippen MR) is 61.0 cm³/mol. The number of hydrogen-bond donors (Lipinski definition) is 2. The Morgan fingerprint density at radius 1 is 1.50 bits per heavy atom. The third-order valence-electron chi connectivity index (χ3n) is 2.28. The van der Waals surface area contributed by atoms with Gasteiger partial charge in [-0.1, -0.05) is 18.2 Å². The lowest BCUT2D eigenvalue weighted by atomic mass is 10.1. The summed E-state index contributed by atoms with van der Waals surface area (Å²) in [6.45, 7) is 0. The lowest BCUT2D eigenvalue weighted by Gasteiger charge is -2.19. The van der Waals surface area contributed by atoms with E-state index in [1.165, 1.54) is 11.9 Å². The second kappa shape index (κ2) is 4.29. The van der Waals surface area contributed by atoms with Gasteiger partial charge in [0, 0.05) is 17.0 Å². The van der Waals surface area contributed by atoms with Crippen LogP contribution in [0, 0.1) is 11.3 Å². The minimum Gasteiger partial charge on any atom is -0.365 e. The number of carbonyl (C=O) groups excluding carboxylic acids is 1. The second-order valence-electron chi connectivity index (χ2n) is 3.32. The summed E-state index contributed by atoms with van der Waals surface area (Å²) >= 11 is 1.39. The maximum absolute atomic E-state index is 11.0. The van der Waals surface area contributed by atoms with E-state index in [4.69, 9.17) is 11.0 Å². The SMILES string of the molecule is N#CC(C(N)=O)=C1Cc2ccccc2SN1. The molecule has 0 radical (unpaired) electrons. The number of hydrogen-bond acceptors (Lipinski definition) is 4. The number of benzene rings is 1. The first-order valence-electron chi connectivity index (χ1n) is 4.66. The van der Waals surface area contributed by atoms with E-state index in [1.54, 1.807) is 0 Å². The smallest absolute Gasteiger partial charge is 0.261 e. The molecule has 0 spiro atoms. The molecular formula is C11H9N3OS. The van der Waals surface area contributed by atoms with Crippen LogP contribution in [0.15, 0.2) is 40.4 Å². The molecule has 0 aromatic heterocycles. The van der Waals surface area contributed by atoms with Gasteiger partial charge in [-0.2, -0.15) is 5.26 Å². The van der Waals surface area contributed by atoms with Crippen LogP contribution in [0.25, 0.3) is 0 Å². The lowest BCUT2D eigenvalue weighted by molar-refractivity contribution is -0.114. The highest BCUT2D eigenvalue weighted by Gasteiger charge is 2.18. The van der Waals surface area contributed by atoms with E-state index in [1.807, 2.05) is 30.3 Å². The monoisotopic (exact) mass is 231 g/mol. The highest BCUT2D eigenvalue weighted by molar-refractivity contribution is 7.97. The Morgan fingerprint density at radius 3 is 2.94 bits per heavy atom. The van der Waals surface area contributed by atoms with E-state index >= 15 is 0 Å². The zero-order chi connectivity index (χ0) is 11.5. The van der Waals surface area contributed by atoms with Crippen LogP contribution >= 0.6 is 11.9 Å². The summed E-state index contributed by atoms with van der Waals surface area (Å²) in [5, 5.41) is 8.84. The molecule has 0 saturated heterocycles. The summed E-state index contributed by atoms with van der Waals surface area (Å²) in [4.78, 5) is 12.1. The Hall–Kier alpha value is -1.93. The van der Waals surface area contributed by atoms with Crippen molar-refractivity contribution in [1.82, 2.24) is 4.72 Å². The molecule has 0 saturated carbocycles. The van der Waals surface area contributed by atoms with Crippen LogP contribution in [0.1, 0.15) is 5.56 Å². The molecule has 1 aliphatic heterocycles. The summed E-state index contributed by atoms with van der Waals surface area (Å²) in [6.07, 6.45) is 0.537. The normalized spacial score (nSPS) is 16.7. The fraction of sp³-hybridized carbons (Fsp3) is 0.0909. The van der Waals surface area contributed by atoms with Crippen molar-refractivity contribution >= 4 is 17.9 Å². The summed E-state index contributed by atoms with van der Waals surface area (Å²) < 4.78 is 2.98. The van der Waals surface area contributed by atoms with E-state index in [-0.39, 0.29) is 5.57 Å². The maximum Gasteiger partial charge on any atom is 0.261 e. The quantitative estimate of drug-likeness (QED) is 0.431. The van der Waals surface area contributed by atoms with Crippen LogP contribution in [0.4, 0.5) is 0 Å². The Balaban J connectivity index is 2.39. The van der Waals surface area contributed by atoms with Gasteiger partial charge in [0.25, 0.3) is 5.91 Å². The van der Waals surface area contributed by atoms with Gasteiger partial charge in [0.05, 0.1) is 0 Å². The number of nitrogens with zero attached hydrogens (tertiary/aromatic N) is 1. The summed E-state index contributed by atoms with van der Waals surface area (Å²) in [5.74, 6) is -0.690. The van der Waals surface area contributed by atoms with Gasteiger partial charge in [-0.15, -0.1) is 0 Å². The van der Waals surface area contributed by atoms with Crippen LogP contribution < -0.4 is 10.5 Å². The number of fused-ring (bicyclic) bond motifs is 1. The average Bonchev–Trinajstić information content (AvgIpc) is 2.29. The largest absolute Gasteiger partial charge is 0.365 e. The number of primary amides is 1. The molecule has 4 nitrogen and oxygen atoms in total. The number of nitrogens with two attached hydrogens (primary N) is 1. The van der Waals surface area contributed by atoms with Crippen molar-refractivity contribution < 1.29 is 4.79 Å². The van der Waals surface area contributed by atoms with Crippen LogP contribution in [-0.2, 0) is 11.2 Å². The number of rotatable bonds is 1. The number of amides is 1. The minimum atomic E-state index is -0.690. The fourth-order valence-electron chi connectivity index (χ4n) is 1.50. The van der Waals surface area contributed by atoms with Gasteiger partial charge in [-0.05, 0) is 23.6 Å². The predicted octanol–water partition coefficient (Wildman–Crippen LogP) is 1.10. The van der Waals surface area contributed by atoms with Gasteiger partial charge in [-0.3, -0.25) is 4.79 Å². The van der Waals surface area contributed by atoms with Crippen molar-refractivity contribution in [3.63, 3.8) is 0 Å². The Morgan fingerprint density at radius 2 is 2.25 bits per heavy atom. The van der Waals surface area contributed by atoms with Crippen LogP contribution in [0.5, 0.6) is 0 Å². The molecule has 0 atom stereocenters. The van der Waals surface area contributed by atoms with Gasteiger partial charge in [0.15, 0.2) is 0 Å². The molecule has 1 amide bonds. The van der Waals surface area contributed by atoms with E-state index in [0.717, 1.165) is 10.5 Å². The third-order valence-corrected chi connectivity index (χ3v) is 3.25. The van der Waals surface area contributed by atoms with Crippen LogP contribution in [-0.4, -0.2) is 5.91 Å². The minimum absolute atomic E-state index is 0.00185. The first kappa shape index (κ1) is 10.6. The second-order valence-corrected chi connectivity index (χ2v) is 4.17. The summed E-state index contributed by atoms with van der Waals surface area (Å²) in [5.41, 5.74) is 6.81. The molecule has 2 rings (SSSR count). The van der Waals surface area contributed by atoms with Gasteiger partial charge in [0.2, 0.25) is 0 Å². The third kappa shape index (κ3) is 1.88. The molecule has 5 heteroatoms. The Kier molecular flexibility index (Phi) is 2.84. The molecule has 1 aromatic rings. The van der Waals surface area contributed by atoms with E-state index in [2.05, 4.69) is 4.72 Å². The highest BCUT2D eigenvalue weighted by Crippen LogP contribution is 2.29. The van der Waals surface area contributed by atoms with Crippen LogP contribution in [0.3, 0.4) is 0 Å². The molecule has 1 heterocycles. The molecule has 16 heavy (non-hydrogen) atoms. The number of nitriles is 1. The zero-order valence-corrected chi connectivity index (χ0v) is 9.17. The standard InChI is InChI=1S/C11H9N3OS/c12-6-8(11(13)15)9-5-7-3-1-2-4-10(7)16-14-9/h1-4,14H,5H2,(H2,13,15). The molecule has 1 aliphatic rings. The molecule has 3 N–H and O–H groups in total. The lowest BCUT2D eigenvalue weighted by Crippen LogP contribution is -2.22. The number of allylic oxidation sites excluding steroid dienone is 1. The molecule has 0 bridgehead atoms. The van der Waals surface area contributed by atoms with Gasteiger partial charge >= 0.3 is 0 Å². The van der Waals surface area contributed by atoms with Crippen molar-refractivity contribution in [2.75, 3.05) is 0 Å². The van der Waals surface area contributed by atoms with Crippen molar-refractivity contribution in [2.24, 2.45) is 5.73 Å².